The van der Waals surface area contributed by atoms with E-state index < -0.39 is 17.9 Å². The molecule has 0 aromatic carbocycles. The number of methoxy groups -OCH3 is 1. The molecule has 0 bridgehead atoms. The van der Waals surface area contributed by atoms with Crippen LogP contribution in [0.4, 0.5) is 0 Å². The van der Waals surface area contributed by atoms with Crippen molar-refractivity contribution in [1.29, 1.82) is 0 Å². The zero-order valence-corrected chi connectivity index (χ0v) is 7.60. The van der Waals surface area contributed by atoms with Crippen molar-refractivity contribution in [1.82, 2.24) is 0 Å². The number of esters is 1. The molecule has 0 aliphatic heterocycles. The second-order valence-electron chi connectivity index (χ2n) is 2.13. The molecule has 0 unspecified atom stereocenters. The number of carbonyl (C=O) groups is 2. The summed E-state index contributed by atoms with van der Waals surface area (Å²) in [7, 11) is 1.24. The van der Waals surface area contributed by atoms with Gasteiger partial charge in [0.05, 0.1) is 7.11 Å². The van der Waals surface area contributed by atoms with Crippen molar-refractivity contribution < 1.29 is 14.3 Å². The molecular weight excluding hydrogens is 188 g/mol. The van der Waals surface area contributed by atoms with E-state index in [2.05, 4.69) is 4.74 Å². The maximum atomic E-state index is 10.6. The average Bonchev–Trinajstić information content (AvgIpc) is 1.98. The minimum atomic E-state index is -0.743. The van der Waals surface area contributed by atoms with Crippen LogP contribution in [0.15, 0.2) is 0 Å². The molecule has 5 nitrogen and oxygen atoms in total. The molecule has 4 N–H and O–H groups in total. The van der Waals surface area contributed by atoms with E-state index in [-0.39, 0.29) is 25.2 Å². The van der Waals surface area contributed by atoms with Gasteiger partial charge in [-0.25, -0.2) is 0 Å². The number of amides is 1. The van der Waals surface area contributed by atoms with Gasteiger partial charge in [0.15, 0.2) is 0 Å². The summed E-state index contributed by atoms with van der Waals surface area (Å²) < 4.78 is 4.33. The Balaban J connectivity index is 0. The molecule has 72 valence electrons. The quantitative estimate of drug-likeness (QED) is 0.459. The first-order chi connectivity index (χ1) is 5.07. The van der Waals surface area contributed by atoms with Gasteiger partial charge in [-0.1, -0.05) is 0 Å². The molecule has 0 aliphatic carbocycles. The molecule has 0 saturated heterocycles. The molecule has 0 fully saturated rings. The fourth-order valence-electron chi connectivity index (χ4n) is 0.567. The molecule has 0 aromatic rings. The third kappa shape index (κ3) is 5.94. The van der Waals surface area contributed by atoms with Crippen LogP contribution in [0.1, 0.15) is 12.8 Å². The Morgan fingerprint density at radius 1 is 1.50 bits per heavy atom. The monoisotopic (exact) mass is 201 g/mol. The van der Waals surface area contributed by atoms with Gasteiger partial charge in [0, 0.05) is 6.42 Å². The van der Waals surface area contributed by atoms with Crippen LogP contribution in [-0.4, -0.2) is 25.0 Å². The van der Waals surface area contributed by atoms with Crippen LogP contribution in [0, 0.1) is 0 Å². The number of hydrogen-bond donors (Lipinski definition) is 2. The molecule has 0 aromatic heterocycles. The minimum absolute atomic E-state index is 0. The van der Waals surface area contributed by atoms with Crippen molar-refractivity contribution in [2.45, 2.75) is 18.9 Å². The Hall–Kier alpha value is -0.810. The summed E-state index contributed by atoms with van der Waals surface area (Å²) in [5.41, 5.74) is 10.1. The molecule has 0 spiro atoms. The Bertz CT molecular complexity index is 163. The van der Waals surface area contributed by atoms with E-state index in [1.165, 1.54) is 7.11 Å². The lowest BCUT2D eigenvalue weighted by molar-refractivity contribution is -0.142. The van der Waals surface area contributed by atoms with Crippen LogP contribution in [0.2, 0.25) is 0 Å². The molecule has 0 heterocycles. The normalized spacial score (nSPS) is 11.2. The van der Waals surface area contributed by atoms with E-state index >= 15 is 0 Å². The summed E-state index contributed by atoms with van der Waals surface area (Å²) in [6.07, 6.45) is 0.346. The summed E-state index contributed by atoms with van der Waals surface area (Å²) in [5, 5.41) is 0. The van der Waals surface area contributed by atoms with Crippen molar-refractivity contribution in [2.75, 3.05) is 7.11 Å². The van der Waals surface area contributed by atoms with E-state index in [0.29, 0.717) is 0 Å². The standard InChI is InChI=1S/C6H12N2O3.ClH/c1-11-6(10)4(7)2-3-5(8)9;/h4H,2-3,7H2,1H3,(H2,8,9);1H/t4-;/m0./s1/i2+1,3+1,4+1,5+1,6+1;. The van der Waals surface area contributed by atoms with Gasteiger partial charge in [0.2, 0.25) is 5.91 Å². The highest BCUT2D eigenvalue weighted by molar-refractivity contribution is 5.85. The molecule has 1 amide bonds. The van der Waals surface area contributed by atoms with Crippen LogP contribution < -0.4 is 11.5 Å². The first-order valence-corrected chi connectivity index (χ1v) is 3.19. The number of hydrogen-bond acceptors (Lipinski definition) is 4. The molecular formula is C6H13ClN2O3. The van der Waals surface area contributed by atoms with Gasteiger partial charge in [-0.3, -0.25) is 9.59 Å². The van der Waals surface area contributed by atoms with Gasteiger partial charge in [0.25, 0.3) is 0 Å². The van der Waals surface area contributed by atoms with Crippen LogP contribution in [0.25, 0.3) is 0 Å². The highest BCUT2D eigenvalue weighted by Gasteiger charge is 2.13. The maximum Gasteiger partial charge on any atom is 0.322 e. The van der Waals surface area contributed by atoms with E-state index in [9.17, 15) is 9.59 Å². The summed E-state index contributed by atoms with van der Waals surface area (Å²) >= 11 is 0. The zero-order valence-electron chi connectivity index (χ0n) is 6.78. The third-order valence-electron chi connectivity index (χ3n) is 1.21. The minimum Gasteiger partial charge on any atom is -0.468 e. The second-order valence-corrected chi connectivity index (χ2v) is 2.13. The smallest absolute Gasteiger partial charge is 0.322 e. The van der Waals surface area contributed by atoms with E-state index in [1.54, 1.807) is 0 Å². The van der Waals surface area contributed by atoms with Gasteiger partial charge >= 0.3 is 5.97 Å². The van der Waals surface area contributed by atoms with Crippen molar-refractivity contribution >= 4 is 24.3 Å². The number of halogens is 1. The predicted octanol–water partition coefficient (Wildman–Crippen LogP) is -0.826. The maximum absolute atomic E-state index is 10.6. The third-order valence-corrected chi connectivity index (χ3v) is 1.21. The Morgan fingerprint density at radius 2 is 2.00 bits per heavy atom. The molecule has 0 rings (SSSR count). The second kappa shape index (κ2) is 6.87. The highest BCUT2D eigenvalue weighted by atomic mass is 35.5. The van der Waals surface area contributed by atoms with E-state index in [0.717, 1.165) is 0 Å². The lowest BCUT2D eigenvalue weighted by Crippen LogP contribution is -2.32. The van der Waals surface area contributed by atoms with Crippen molar-refractivity contribution in [3.8, 4) is 0 Å². The van der Waals surface area contributed by atoms with Crippen LogP contribution >= 0.6 is 12.4 Å². The van der Waals surface area contributed by atoms with Gasteiger partial charge in [0.1, 0.15) is 6.04 Å². The SMILES string of the molecule is CO[13C](=O)[13C@@H](N)[13CH2][13CH2][13C](N)=O.Cl. The van der Waals surface area contributed by atoms with Gasteiger partial charge < -0.3 is 16.2 Å². The van der Waals surface area contributed by atoms with Gasteiger partial charge in [-0.05, 0) is 6.42 Å². The first kappa shape index (κ1) is 13.8. The lowest BCUT2D eigenvalue weighted by atomic mass is 11.1. The van der Waals surface area contributed by atoms with E-state index in [1.807, 2.05) is 0 Å². The molecule has 0 saturated carbocycles. The van der Waals surface area contributed by atoms with E-state index in [4.69, 9.17) is 11.5 Å². The Kier molecular flexibility index (Phi) is 7.88. The molecule has 12 heavy (non-hydrogen) atoms. The zero-order chi connectivity index (χ0) is 8.85. The number of rotatable bonds is 4. The topological polar surface area (TPSA) is 95.4 Å². The number of carbonyl (C=O) groups excluding carboxylic acids is 2. The van der Waals surface area contributed by atoms with Gasteiger partial charge in [-0.2, -0.15) is 0 Å². The van der Waals surface area contributed by atoms with Crippen molar-refractivity contribution in [3.63, 3.8) is 0 Å². The number of ether oxygens (including phenoxy) is 1. The van der Waals surface area contributed by atoms with Crippen molar-refractivity contribution in [2.24, 2.45) is 11.5 Å². The molecule has 0 radical (unpaired) electrons. The largest absolute Gasteiger partial charge is 0.468 e. The lowest BCUT2D eigenvalue weighted by Gasteiger charge is -2.06. The summed E-state index contributed by atoms with van der Waals surface area (Å²) in [4.78, 5) is 20.9. The highest BCUT2D eigenvalue weighted by Crippen LogP contribution is 1.94. The Morgan fingerprint density at radius 3 is 2.33 bits per heavy atom. The molecule has 0 aliphatic rings. The summed E-state index contributed by atoms with van der Waals surface area (Å²) in [6, 6.07) is -0.743. The van der Waals surface area contributed by atoms with Gasteiger partial charge in [-0.15, -0.1) is 12.4 Å². The predicted molar refractivity (Wildman–Crippen MR) is 45.7 cm³/mol. The summed E-state index contributed by atoms with van der Waals surface area (Å²) in [5.74, 6) is -0.990. The molecule has 6 heteroatoms. The fourth-order valence-corrected chi connectivity index (χ4v) is 0.567. The van der Waals surface area contributed by atoms with Crippen molar-refractivity contribution in [3.05, 3.63) is 0 Å². The molecule has 1 atom stereocenters. The average molecular weight is 202 g/mol. The van der Waals surface area contributed by atoms with Crippen LogP contribution in [0.3, 0.4) is 0 Å². The van der Waals surface area contributed by atoms with Crippen LogP contribution in [-0.2, 0) is 14.3 Å². The number of nitrogens with two attached hydrogens (primary N) is 2. The Labute approximate surface area is 76.8 Å². The fraction of sp³-hybridized carbons (Fsp3) is 0.667. The van der Waals surface area contributed by atoms with Crippen LogP contribution in [0.5, 0.6) is 0 Å². The first-order valence-electron chi connectivity index (χ1n) is 3.19. The number of primary amides is 1. The summed E-state index contributed by atoms with van der Waals surface area (Å²) in [6.45, 7) is 0.